The first-order valence-electron chi connectivity index (χ1n) is 7.26. The van der Waals surface area contributed by atoms with Gasteiger partial charge in [-0.2, -0.15) is 0 Å². The Morgan fingerprint density at radius 2 is 2.00 bits per heavy atom. The average Bonchev–Trinajstić information content (AvgIpc) is 3.00. The molecule has 2 N–H and O–H groups in total. The van der Waals surface area contributed by atoms with Crippen molar-refractivity contribution in [3.8, 4) is 23.0 Å². The van der Waals surface area contributed by atoms with Crippen molar-refractivity contribution in [3.63, 3.8) is 0 Å². The number of benzene rings is 2. The summed E-state index contributed by atoms with van der Waals surface area (Å²) in [6, 6.07) is 8.83. The van der Waals surface area contributed by atoms with Crippen LogP contribution in [0.4, 0.5) is 5.69 Å². The Kier molecular flexibility index (Phi) is 3.04. The largest absolute Gasteiger partial charge is 0.504 e. The minimum absolute atomic E-state index is 0.0617. The average molecular weight is 313 g/mol. The van der Waals surface area contributed by atoms with Crippen LogP contribution in [0.1, 0.15) is 23.5 Å². The van der Waals surface area contributed by atoms with Crippen molar-refractivity contribution in [1.29, 1.82) is 0 Å². The van der Waals surface area contributed by atoms with Crippen LogP contribution in [0.2, 0.25) is 0 Å². The summed E-state index contributed by atoms with van der Waals surface area (Å²) in [4.78, 5) is 12.1. The lowest BCUT2D eigenvalue weighted by atomic mass is 9.84. The maximum atomic E-state index is 12.1. The summed E-state index contributed by atoms with van der Waals surface area (Å²) in [5.74, 6) is 1.57. The summed E-state index contributed by atoms with van der Waals surface area (Å²) in [5.41, 5.74) is 2.58. The van der Waals surface area contributed by atoms with Crippen LogP contribution in [0.5, 0.6) is 23.0 Å². The lowest BCUT2D eigenvalue weighted by molar-refractivity contribution is -0.116. The lowest BCUT2D eigenvalue weighted by Gasteiger charge is -2.26. The topological polar surface area (TPSA) is 77.0 Å². The Morgan fingerprint density at radius 1 is 1.22 bits per heavy atom. The Labute approximate surface area is 132 Å². The quantitative estimate of drug-likeness (QED) is 0.891. The van der Waals surface area contributed by atoms with E-state index >= 15 is 0 Å². The van der Waals surface area contributed by atoms with Gasteiger partial charge < -0.3 is 24.6 Å². The Hall–Kier alpha value is -2.89. The van der Waals surface area contributed by atoms with Crippen LogP contribution in [0.3, 0.4) is 0 Å². The Morgan fingerprint density at radius 3 is 2.78 bits per heavy atom. The van der Waals surface area contributed by atoms with E-state index in [9.17, 15) is 9.90 Å². The summed E-state index contributed by atoms with van der Waals surface area (Å²) < 4.78 is 16.0. The van der Waals surface area contributed by atoms with Crippen molar-refractivity contribution in [2.45, 2.75) is 12.3 Å². The molecule has 118 valence electrons. The summed E-state index contributed by atoms with van der Waals surface area (Å²) in [7, 11) is 1.50. The van der Waals surface area contributed by atoms with Crippen LogP contribution in [-0.4, -0.2) is 24.9 Å². The number of hydrogen-bond acceptors (Lipinski definition) is 5. The number of carbonyl (C=O) groups is 1. The van der Waals surface area contributed by atoms with Crippen LogP contribution < -0.4 is 19.5 Å². The Balaban J connectivity index is 1.83. The molecule has 2 heterocycles. The first-order valence-corrected chi connectivity index (χ1v) is 7.26. The molecule has 0 saturated heterocycles. The third kappa shape index (κ3) is 2.23. The molecular formula is C17H15NO5. The normalized spacial score (nSPS) is 18.3. The third-order valence-electron chi connectivity index (χ3n) is 4.19. The van der Waals surface area contributed by atoms with Gasteiger partial charge in [0.25, 0.3) is 0 Å². The van der Waals surface area contributed by atoms with Gasteiger partial charge in [-0.05, 0) is 29.3 Å². The van der Waals surface area contributed by atoms with E-state index in [1.807, 2.05) is 6.07 Å². The number of nitrogens with one attached hydrogen (secondary N) is 1. The van der Waals surface area contributed by atoms with E-state index in [-0.39, 0.29) is 24.4 Å². The van der Waals surface area contributed by atoms with Gasteiger partial charge in [-0.1, -0.05) is 6.07 Å². The summed E-state index contributed by atoms with van der Waals surface area (Å²) in [6.45, 7) is 0.184. The second-order valence-corrected chi connectivity index (χ2v) is 5.53. The van der Waals surface area contributed by atoms with Gasteiger partial charge in [0.05, 0.1) is 7.11 Å². The van der Waals surface area contributed by atoms with E-state index in [4.69, 9.17) is 14.2 Å². The molecule has 0 saturated carbocycles. The molecule has 0 fully saturated rings. The number of methoxy groups -OCH3 is 1. The highest BCUT2D eigenvalue weighted by atomic mass is 16.7. The summed E-state index contributed by atoms with van der Waals surface area (Å²) in [6.07, 6.45) is 0.320. The van der Waals surface area contributed by atoms with Crippen molar-refractivity contribution in [1.82, 2.24) is 0 Å². The number of fused-ring (bicyclic) bond motifs is 2. The maximum Gasteiger partial charge on any atom is 0.231 e. The molecule has 2 aliphatic rings. The highest BCUT2D eigenvalue weighted by Gasteiger charge is 2.30. The van der Waals surface area contributed by atoms with E-state index in [0.717, 1.165) is 16.8 Å². The molecule has 6 nitrogen and oxygen atoms in total. The van der Waals surface area contributed by atoms with Gasteiger partial charge in [-0.15, -0.1) is 0 Å². The number of amides is 1. The van der Waals surface area contributed by atoms with E-state index in [1.165, 1.54) is 7.11 Å². The smallest absolute Gasteiger partial charge is 0.231 e. The first-order chi connectivity index (χ1) is 11.2. The fourth-order valence-corrected chi connectivity index (χ4v) is 3.06. The molecule has 0 radical (unpaired) electrons. The molecule has 1 unspecified atom stereocenters. The molecule has 1 amide bonds. The molecule has 6 heteroatoms. The van der Waals surface area contributed by atoms with E-state index < -0.39 is 0 Å². The SMILES string of the molecule is COc1cc(C2CC(=O)Nc3cc4c(cc32)OCO4)ccc1O. The molecule has 0 spiro atoms. The molecule has 0 aliphatic carbocycles. The van der Waals surface area contributed by atoms with Crippen molar-refractivity contribution in [2.24, 2.45) is 0 Å². The lowest BCUT2D eigenvalue weighted by Crippen LogP contribution is -2.23. The molecule has 4 rings (SSSR count). The molecule has 0 aromatic heterocycles. The van der Waals surface area contributed by atoms with Crippen molar-refractivity contribution in [3.05, 3.63) is 41.5 Å². The Bertz CT molecular complexity index is 802. The number of phenols is 1. The highest BCUT2D eigenvalue weighted by molar-refractivity contribution is 5.96. The molecule has 1 atom stereocenters. The van der Waals surface area contributed by atoms with Crippen molar-refractivity contribution >= 4 is 11.6 Å². The number of anilines is 1. The van der Waals surface area contributed by atoms with Gasteiger partial charge in [0.1, 0.15) is 0 Å². The zero-order chi connectivity index (χ0) is 16.0. The number of hydrogen-bond donors (Lipinski definition) is 2. The third-order valence-corrected chi connectivity index (χ3v) is 4.19. The number of aromatic hydroxyl groups is 1. The monoisotopic (exact) mass is 313 g/mol. The first kappa shape index (κ1) is 13.8. The second kappa shape index (κ2) is 5.08. The number of ether oxygens (including phenoxy) is 3. The number of rotatable bonds is 2. The predicted molar refractivity (Wildman–Crippen MR) is 82.3 cm³/mol. The fraction of sp³-hybridized carbons (Fsp3) is 0.235. The van der Waals surface area contributed by atoms with Gasteiger partial charge in [0.2, 0.25) is 12.7 Å². The number of phenolic OH excluding ortho intramolecular Hbond substituents is 1. The molecular weight excluding hydrogens is 298 g/mol. The standard InChI is InChI=1S/C17H15NO5/c1-21-14-4-9(2-3-13(14)19)10-6-17(20)18-12-7-16-15(5-11(10)12)22-8-23-16/h2-5,7,10,19H,6,8H2,1H3,(H,18,20). The molecule has 23 heavy (non-hydrogen) atoms. The summed E-state index contributed by atoms with van der Waals surface area (Å²) >= 11 is 0. The van der Waals surface area contributed by atoms with Crippen LogP contribution in [0.15, 0.2) is 30.3 Å². The second-order valence-electron chi connectivity index (χ2n) is 5.53. The summed E-state index contributed by atoms with van der Waals surface area (Å²) in [5, 5.41) is 12.6. The molecule has 2 aliphatic heterocycles. The molecule has 0 bridgehead atoms. The van der Waals surface area contributed by atoms with Gasteiger partial charge in [-0.3, -0.25) is 4.79 Å². The van der Waals surface area contributed by atoms with Crippen LogP contribution >= 0.6 is 0 Å². The van der Waals surface area contributed by atoms with Gasteiger partial charge in [0.15, 0.2) is 23.0 Å². The van der Waals surface area contributed by atoms with Crippen molar-refractivity contribution in [2.75, 3.05) is 19.2 Å². The zero-order valence-electron chi connectivity index (χ0n) is 12.5. The molecule has 2 aromatic carbocycles. The zero-order valence-corrected chi connectivity index (χ0v) is 12.5. The fourth-order valence-electron chi connectivity index (χ4n) is 3.06. The molecule has 2 aromatic rings. The highest BCUT2D eigenvalue weighted by Crippen LogP contribution is 2.45. The van der Waals surface area contributed by atoms with E-state index in [1.54, 1.807) is 24.3 Å². The minimum atomic E-state index is -0.136. The van der Waals surface area contributed by atoms with Gasteiger partial charge in [-0.25, -0.2) is 0 Å². The van der Waals surface area contributed by atoms with Crippen LogP contribution in [0.25, 0.3) is 0 Å². The van der Waals surface area contributed by atoms with E-state index in [2.05, 4.69) is 5.32 Å². The predicted octanol–water partition coefficient (Wildman–Crippen LogP) is 2.60. The van der Waals surface area contributed by atoms with E-state index in [0.29, 0.717) is 23.7 Å². The van der Waals surface area contributed by atoms with Gasteiger partial charge >= 0.3 is 0 Å². The number of carbonyl (C=O) groups excluding carboxylic acids is 1. The van der Waals surface area contributed by atoms with Crippen LogP contribution in [0, 0.1) is 0 Å². The van der Waals surface area contributed by atoms with Crippen LogP contribution in [-0.2, 0) is 4.79 Å². The maximum absolute atomic E-state index is 12.1. The minimum Gasteiger partial charge on any atom is -0.504 e. The van der Waals surface area contributed by atoms with Crippen molar-refractivity contribution < 1.29 is 24.1 Å². The van der Waals surface area contributed by atoms with Gasteiger partial charge in [0, 0.05) is 24.1 Å².